The van der Waals surface area contributed by atoms with Gasteiger partial charge in [0, 0.05) is 30.0 Å². The fourth-order valence-electron chi connectivity index (χ4n) is 6.64. The molecule has 336 valence electrons. The van der Waals surface area contributed by atoms with Gasteiger partial charge < -0.3 is 24.4 Å². The van der Waals surface area contributed by atoms with E-state index in [9.17, 15) is 19.2 Å². The van der Waals surface area contributed by atoms with Crippen LogP contribution in [0.2, 0.25) is 0 Å². The summed E-state index contributed by atoms with van der Waals surface area (Å²) in [7, 11) is 7.34. The zero-order valence-corrected chi connectivity index (χ0v) is 39.5. The molecule has 1 unspecified atom stereocenters. The Morgan fingerprint density at radius 2 is 1.05 bits per heavy atom. The van der Waals surface area contributed by atoms with Gasteiger partial charge in [-0.05, 0) is 33.4 Å². The maximum absolute atomic E-state index is 13.8. The number of carbonyl (C=O) groups excluding carboxylic acids is 4. The zero-order valence-electron chi connectivity index (χ0n) is 37.9. The van der Waals surface area contributed by atoms with Crippen LogP contribution >= 0.6 is 21.6 Å². The number of hydrogen-bond donors (Lipinski definition) is 1. The van der Waals surface area contributed by atoms with E-state index in [1.54, 1.807) is 24.6 Å². The molecule has 0 spiro atoms. The summed E-state index contributed by atoms with van der Waals surface area (Å²) in [5.74, 6) is -0.0900. The van der Waals surface area contributed by atoms with Crippen molar-refractivity contribution < 1.29 is 33.4 Å². The lowest BCUT2D eigenvalue weighted by molar-refractivity contribution is -0.172. The lowest BCUT2D eigenvalue weighted by atomic mass is 9.86. The third-order valence-electron chi connectivity index (χ3n) is 10.4. The van der Waals surface area contributed by atoms with Gasteiger partial charge in [0.05, 0.1) is 18.8 Å². The normalized spacial score (nSPS) is 12.7. The Morgan fingerprint density at radius 3 is 1.58 bits per heavy atom. The summed E-state index contributed by atoms with van der Waals surface area (Å²) in [5, 5.41) is 2.81. The Labute approximate surface area is 358 Å². The lowest BCUT2D eigenvalue weighted by Gasteiger charge is -2.33. The Bertz CT molecular complexity index is 998. The SMILES string of the molecule is CCCCCCCCCCCCCCSSCCOC(=O)CCNC(=O)[C@H](OC(=O)C(CCCCCC)CCCCCCCC)C(C)(C)COC(=O)CCN(C)C. The van der Waals surface area contributed by atoms with Gasteiger partial charge in [0.1, 0.15) is 13.2 Å². The number of nitrogens with one attached hydrogen (secondary N) is 1. The number of hydrogen-bond acceptors (Lipinski definition) is 10. The summed E-state index contributed by atoms with van der Waals surface area (Å²) in [6, 6.07) is 0. The molecule has 0 rings (SSSR count). The number of rotatable bonds is 41. The molecule has 11 heteroatoms. The number of esters is 3. The molecule has 1 amide bonds. The summed E-state index contributed by atoms with van der Waals surface area (Å²) in [6.45, 7) is 11.0. The second-order valence-electron chi connectivity index (χ2n) is 16.9. The fraction of sp³-hybridized carbons (Fsp3) is 0.913. The van der Waals surface area contributed by atoms with Gasteiger partial charge in [0.15, 0.2) is 6.10 Å². The third-order valence-corrected chi connectivity index (χ3v) is 12.9. The second-order valence-corrected chi connectivity index (χ2v) is 19.6. The van der Waals surface area contributed by atoms with E-state index in [4.69, 9.17) is 14.2 Å². The molecule has 0 fully saturated rings. The molecule has 0 aromatic heterocycles. The highest BCUT2D eigenvalue weighted by Gasteiger charge is 2.41. The van der Waals surface area contributed by atoms with Crippen LogP contribution in [0.15, 0.2) is 0 Å². The first kappa shape index (κ1) is 55.5. The van der Waals surface area contributed by atoms with E-state index in [2.05, 4.69) is 26.1 Å². The number of ether oxygens (including phenoxy) is 3. The van der Waals surface area contributed by atoms with E-state index in [-0.39, 0.29) is 49.8 Å². The molecule has 0 aliphatic rings. The zero-order chi connectivity index (χ0) is 42.4. The third kappa shape index (κ3) is 34.0. The van der Waals surface area contributed by atoms with Gasteiger partial charge in [-0.2, -0.15) is 0 Å². The maximum Gasteiger partial charge on any atom is 0.309 e. The van der Waals surface area contributed by atoms with E-state index >= 15 is 0 Å². The number of nitrogens with zero attached hydrogens (tertiary/aromatic N) is 1. The van der Waals surface area contributed by atoms with Crippen LogP contribution in [0.4, 0.5) is 0 Å². The smallest absolute Gasteiger partial charge is 0.309 e. The molecule has 0 aromatic rings. The van der Waals surface area contributed by atoms with Crippen molar-refractivity contribution in [1.29, 1.82) is 0 Å². The van der Waals surface area contributed by atoms with Crippen LogP contribution in [0.3, 0.4) is 0 Å². The molecule has 0 aliphatic heterocycles. The molecule has 0 heterocycles. The molecule has 0 bridgehead atoms. The topological polar surface area (TPSA) is 111 Å². The first-order chi connectivity index (χ1) is 27.5. The molecular weight excluding hydrogens is 757 g/mol. The Kier molecular flexibility index (Phi) is 37.7. The Morgan fingerprint density at radius 1 is 0.596 bits per heavy atom. The molecule has 1 N–H and O–H groups in total. The molecule has 9 nitrogen and oxygen atoms in total. The van der Waals surface area contributed by atoms with Gasteiger partial charge in [-0.1, -0.05) is 191 Å². The summed E-state index contributed by atoms with van der Waals surface area (Å²) in [5.41, 5.74) is -0.997. The predicted octanol–water partition coefficient (Wildman–Crippen LogP) is 11.9. The van der Waals surface area contributed by atoms with Gasteiger partial charge >= 0.3 is 17.9 Å². The van der Waals surface area contributed by atoms with Crippen molar-refractivity contribution in [3.63, 3.8) is 0 Å². The highest BCUT2D eigenvalue weighted by molar-refractivity contribution is 8.76. The minimum absolute atomic E-state index is 0.0150. The molecule has 2 atom stereocenters. The van der Waals surface area contributed by atoms with Crippen molar-refractivity contribution in [1.82, 2.24) is 10.2 Å². The van der Waals surface area contributed by atoms with E-state index in [1.807, 2.05) is 29.8 Å². The Balaban J connectivity index is 4.87. The number of amides is 1. The van der Waals surface area contributed by atoms with Crippen LogP contribution in [-0.2, 0) is 33.4 Å². The number of carbonyl (C=O) groups is 4. The maximum atomic E-state index is 13.8. The average Bonchev–Trinajstić information content (AvgIpc) is 3.18. The molecule has 0 saturated heterocycles. The van der Waals surface area contributed by atoms with Crippen LogP contribution in [0.1, 0.15) is 202 Å². The fourth-order valence-corrected chi connectivity index (χ4v) is 8.61. The lowest BCUT2D eigenvalue weighted by Crippen LogP contribution is -2.50. The minimum Gasteiger partial charge on any atom is -0.465 e. The highest BCUT2D eigenvalue weighted by atomic mass is 33.1. The molecule has 0 aliphatic carbocycles. The van der Waals surface area contributed by atoms with Crippen LogP contribution in [-0.4, -0.2) is 86.7 Å². The Hall–Kier alpha value is -1.46. The van der Waals surface area contributed by atoms with Gasteiger partial charge in [0.25, 0.3) is 5.91 Å². The molecule has 57 heavy (non-hydrogen) atoms. The van der Waals surface area contributed by atoms with E-state index in [0.717, 1.165) is 69.3 Å². The molecule has 0 saturated carbocycles. The summed E-state index contributed by atoms with van der Waals surface area (Å²) < 4.78 is 17.1. The quantitative estimate of drug-likeness (QED) is 0.0276. The predicted molar refractivity (Wildman–Crippen MR) is 243 cm³/mol. The summed E-state index contributed by atoms with van der Waals surface area (Å²) >= 11 is 0. The van der Waals surface area contributed by atoms with Crippen molar-refractivity contribution in [3.8, 4) is 0 Å². The van der Waals surface area contributed by atoms with Crippen LogP contribution < -0.4 is 5.32 Å². The van der Waals surface area contributed by atoms with E-state index < -0.39 is 17.4 Å². The largest absolute Gasteiger partial charge is 0.465 e. The molecule has 0 radical (unpaired) electrons. The minimum atomic E-state index is -1.19. The van der Waals surface area contributed by atoms with E-state index in [1.165, 1.54) is 96.3 Å². The average molecular weight is 845 g/mol. The van der Waals surface area contributed by atoms with Crippen LogP contribution in [0.25, 0.3) is 0 Å². The van der Waals surface area contributed by atoms with Crippen molar-refractivity contribution in [2.75, 3.05) is 51.9 Å². The second kappa shape index (κ2) is 38.7. The number of unbranched alkanes of at least 4 members (excludes halogenated alkanes) is 19. The molecular formula is C46H88N2O7S2. The first-order valence-corrected chi connectivity index (χ1v) is 25.7. The monoisotopic (exact) mass is 845 g/mol. The summed E-state index contributed by atoms with van der Waals surface area (Å²) in [6.07, 6.45) is 27.7. The van der Waals surface area contributed by atoms with Crippen molar-refractivity contribution in [2.45, 2.75) is 208 Å². The highest BCUT2D eigenvalue weighted by Crippen LogP contribution is 2.28. The van der Waals surface area contributed by atoms with Crippen LogP contribution in [0, 0.1) is 11.3 Å². The van der Waals surface area contributed by atoms with Crippen molar-refractivity contribution >= 4 is 45.4 Å². The van der Waals surface area contributed by atoms with Crippen molar-refractivity contribution in [2.24, 2.45) is 11.3 Å². The summed E-state index contributed by atoms with van der Waals surface area (Å²) in [4.78, 5) is 54.4. The van der Waals surface area contributed by atoms with Gasteiger partial charge in [0.2, 0.25) is 0 Å². The molecule has 0 aromatic carbocycles. The van der Waals surface area contributed by atoms with Gasteiger partial charge in [-0.25, -0.2) is 0 Å². The van der Waals surface area contributed by atoms with Crippen molar-refractivity contribution in [3.05, 3.63) is 0 Å². The van der Waals surface area contributed by atoms with Crippen LogP contribution in [0.5, 0.6) is 0 Å². The van der Waals surface area contributed by atoms with E-state index in [0.29, 0.717) is 13.2 Å². The van der Waals surface area contributed by atoms with Gasteiger partial charge in [-0.3, -0.25) is 19.2 Å². The van der Waals surface area contributed by atoms with Gasteiger partial charge in [-0.15, -0.1) is 0 Å². The first-order valence-electron chi connectivity index (χ1n) is 23.2. The standard InChI is InChI=1S/C46H88N2O7S2/c1-8-11-14-17-19-20-21-22-23-24-26-29-37-56-57-38-36-53-41(49)32-34-47-44(51)43(46(4,5)39-54-42(50)33-35-48(6)7)55-45(52)40(30-27-16-13-10-3)31-28-25-18-15-12-9-2/h40,43H,8-39H2,1-7H3,(H,47,51)/t40?,43-/m0/s1.